The molecule has 0 aliphatic heterocycles. The molecule has 0 bridgehead atoms. The average molecular weight is 318 g/mol. The molecule has 2 rings (SSSR count). The van der Waals surface area contributed by atoms with E-state index in [9.17, 15) is 14.7 Å². The largest absolute Gasteiger partial charge is 0.481 e. The number of aliphatic carboxylic acids is 1. The molecule has 0 aliphatic carbocycles. The number of amides is 1. The highest BCUT2D eigenvalue weighted by Gasteiger charge is 2.29. The lowest BCUT2D eigenvalue weighted by molar-refractivity contribution is -0.142. The molecule has 122 valence electrons. The van der Waals surface area contributed by atoms with Crippen LogP contribution in [0.1, 0.15) is 35.7 Å². The van der Waals surface area contributed by atoms with E-state index >= 15 is 0 Å². The fourth-order valence-electron chi connectivity index (χ4n) is 1.92. The summed E-state index contributed by atoms with van der Waals surface area (Å²) < 4.78 is 9.84. The van der Waals surface area contributed by atoms with Crippen molar-refractivity contribution in [3.63, 3.8) is 0 Å². The first-order valence-electron chi connectivity index (χ1n) is 6.94. The Bertz CT molecular complexity index is 704. The van der Waals surface area contributed by atoms with Crippen molar-refractivity contribution in [1.82, 2.24) is 5.16 Å². The molecule has 1 heterocycles. The van der Waals surface area contributed by atoms with E-state index in [0.29, 0.717) is 17.0 Å². The predicted molar refractivity (Wildman–Crippen MR) is 82.3 cm³/mol. The first kappa shape index (κ1) is 16.7. The van der Waals surface area contributed by atoms with Gasteiger partial charge in [-0.2, -0.15) is 0 Å². The molecular formula is C16H18N2O5. The summed E-state index contributed by atoms with van der Waals surface area (Å²) in [5.41, 5.74) is 0.332. The maximum absolute atomic E-state index is 12.1. The third kappa shape index (κ3) is 3.75. The van der Waals surface area contributed by atoms with Crippen LogP contribution >= 0.6 is 0 Å². The van der Waals surface area contributed by atoms with Crippen molar-refractivity contribution in [2.45, 2.75) is 25.9 Å². The lowest BCUT2D eigenvalue weighted by atomic mass is 9.85. The normalized spacial score (nSPS) is 11.3. The van der Waals surface area contributed by atoms with Crippen molar-refractivity contribution in [2.24, 2.45) is 0 Å². The molecular weight excluding hydrogens is 300 g/mol. The number of nitrogens with zero attached hydrogens (tertiary/aromatic N) is 1. The summed E-state index contributed by atoms with van der Waals surface area (Å²) in [5.74, 6) is -0.875. The molecule has 0 fully saturated rings. The number of carboxylic acids is 1. The molecule has 23 heavy (non-hydrogen) atoms. The van der Waals surface area contributed by atoms with Crippen LogP contribution in [0.5, 0.6) is 0 Å². The van der Waals surface area contributed by atoms with Gasteiger partial charge in [0.2, 0.25) is 0 Å². The van der Waals surface area contributed by atoms with Crippen LogP contribution in [0.4, 0.5) is 5.69 Å². The second-order valence-electron chi connectivity index (χ2n) is 5.57. The molecule has 0 unspecified atom stereocenters. The Morgan fingerprint density at radius 2 is 1.96 bits per heavy atom. The maximum atomic E-state index is 12.1. The Morgan fingerprint density at radius 1 is 1.30 bits per heavy atom. The van der Waals surface area contributed by atoms with Gasteiger partial charge >= 0.3 is 5.97 Å². The third-order valence-corrected chi connectivity index (χ3v) is 3.48. The van der Waals surface area contributed by atoms with Crippen molar-refractivity contribution >= 4 is 17.6 Å². The van der Waals surface area contributed by atoms with Gasteiger partial charge < -0.3 is 19.7 Å². The summed E-state index contributed by atoms with van der Waals surface area (Å²) in [6, 6.07) is 8.13. The Balaban J connectivity index is 2.08. The summed E-state index contributed by atoms with van der Waals surface area (Å²) in [6.07, 6.45) is 0. The van der Waals surface area contributed by atoms with Gasteiger partial charge in [-0.1, -0.05) is 17.3 Å². The molecule has 0 spiro atoms. The number of carbonyl (C=O) groups is 2. The molecule has 0 saturated heterocycles. The van der Waals surface area contributed by atoms with Gasteiger partial charge in [0.05, 0.1) is 5.41 Å². The van der Waals surface area contributed by atoms with Crippen LogP contribution in [0, 0.1) is 0 Å². The SMILES string of the molecule is COCc1cc(C(=O)Nc2ccc(C(C)(C)C(=O)O)cc2)no1. The smallest absolute Gasteiger partial charge is 0.313 e. The van der Waals surface area contributed by atoms with Crippen LogP contribution in [0.15, 0.2) is 34.9 Å². The Morgan fingerprint density at radius 3 is 2.52 bits per heavy atom. The first-order valence-corrected chi connectivity index (χ1v) is 6.94. The second kappa shape index (κ2) is 6.62. The van der Waals surface area contributed by atoms with Crippen molar-refractivity contribution in [1.29, 1.82) is 0 Å². The molecule has 2 aromatic rings. The molecule has 7 nitrogen and oxygen atoms in total. The van der Waals surface area contributed by atoms with E-state index in [2.05, 4.69) is 10.5 Å². The number of ether oxygens (including phenoxy) is 1. The number of methoxy groups -OCH3 is 1. The Labute approximate surface area is 133 Å². The third-order valence-electron chi connectivity index (χ3n) is 3.48. The quantitative estimate of drug-likeness (QED) is 0.848. The average Bonchev–Trinajstić information content (AvgIpc) is 2.97. The zero-order valence-electron chi connectivity index (χ0n) is 13.1. The van der Waals surface area contributed by atoms with Gasteiger partial charge in [0.25, 0.3) is 5.91 Å². The van der Waals surface area contributed by atoms with E-state index < -0.39 is 17.3 Å². The molecule has 1 aromatic heterocycles. The van der Waals surface area contributed by atoms with Gasteiger partial charge in [-0.05, 0) is 31.5 Å². The summed E-state index contributed by atoms with van der Waals surface area (Å²) in [5, 5.41) is 15.5. The number of benzene rings is 1. The van der Waals surface area contributed by atoms with Crippen LogP contribution in [-0.2, 0) is 21.6 Å². The minimum Gasteiger partial charge on any atom is -0.481 e. The van der Waals surface area contributed by atoms with E-state index in [4.69, 9.17) is 9.26 Å². The number of rotatable bonds is 6. The summed E-state index contributed by atoms with van der Waals surface area (Å²) in [4.78, 5) is 23.3. The topological polar surface area (TPSA) is 102 Å². The zero-order valence-corrected chi connectivity index (χ0v) is 13.1. The van der Waals surface area contributed by atoms with Gasteiger partial charge in [0.1, 0.15) is 6.61 Å². The van der Waals surface area contributed by atoms with Crippen molar-refractivity contribution in [2.75, 3.05) is 12.4 Å². The Kier molecular flexibility index (Phi) is 4.80. The number of carboxylic acid groups (broad SMARTS) is 1. The van der Waals surface area contributed by atoms with Crippen LogP contribution in [-0.4, -0.2) is 29.2 Å². The maximum Gasteiger partial charge on any atom is 0.313 e. The molecule has 1 amide bonds. The van der Waals surface area contributed by atoms with E-state index in [-0.39, 0.29) is 12.3 Å². The first-order chi connectivity index (χ1) is 10.8. The highest BCUT2D eigenvalue weighted by molar-refractivity contribution is 6.02. The van der Waals surface area contributed by atoms with Gasteiger partial charge in [-0.25, -0.2) is 0 Å². The molecule has 0 radical (unpaired) electrons. The molecule has 7 heteroatoms. The zero-order chi connectivity index (χ0) is 17.0. The van der Waals surface area contributed by atoms with Gasteiger partial charge in [0.15, 0.2) is 11.5 Å². The van der Waals surface area contributed by atoms with Gasteiger partial charge in [0, 0.05) is 18.9 Å². The minimum atomic E-state index is -0.996. The van der Waals surface area contributed by atoms with E-state index in [0.717, 1.165) is 0 Å². The van der Waals surface area contributed by atoms with Crippen molar-refractivity contribution < 1.29 is 24.0 Å². The highest BCUT2D eigenvalue weighted by atomic mass is 16.5. The van der Waals surface area contributed by atoms with E-state index in [1.807, 2.05) is 0 Å². The number of hydrogen-bond donors (Lipinski definition) is 2. The molecule has 1 aromatic carbocycles. The molecule has 2 N–H and O–H groups in total. The lowest BCUT2D eigenvalue weighted by Gasteiger charge is -2.19. The lowest BCUT2D eigenvalue weighted by Crippen LogP contribution is -2.28. The van der Waals surface area contributed by atoms with Crippen LogP contribution in [0.25, 0.3) is 0 Å². The standard InChI is InChI=1S/C16H18N2O5/c1-16(2,15(20)21)10-4-6-11(7-5-10)17-14(19)13-8-12(9-22-3)23-18-13/h4-8H,9H2,1-3H3,(H,17,19)(H,20,21). The van der Waals surface area contributed by atoms with E-state index in [1.165, 1.54) is 13.2 Å². The number of nitrogens with one attached hydrogen (secondary N) is 1. The minimum absolute atomic E-state index is 0.145. The van der Waals surface area contributed by atoms with Crippen LogP contribution < -0.4 is 5.32 Å². The number of carbonyl (C=O) groups excluding carboxylic acids is 1. The van der Waals surface area contributed by atoms with Gasteiger partial charge in [-0.15, -0.1) is 0 Å². The summed E-state index contributed by atoms with van der Waals surface area (Å²) >= 11 is 0. The van der Waals surface area contributed by atoms with Crippen molar-refractivity contribution in [3.8, 4) is 0 Å². The monoisotopic (exact) mass is 318 g/mol. The number of anilines is 1. The van der Waals surface area contributed by atoms with Crippen LogP contribution in [0.3, 0.4) is 0 Å². The van der Waals surface area contributed by atoms with Crippen LogP contribution in [0.2, 0.25) is 0 Å². The predicted octanol–water partition coefficient (Wildman–Crippen LogP) is 2.44. The van der Waals surface area contributed by atoms with Gasteiger partial charge in [-0.3, -0.25) is 9.59 Å². The van der Waals surface area contributed by atoms with E-state index in [1.54, 1.807) is 38.1 Å². The molecule has 0 atom stereocenters. The van der Waals surface area contributed by atoms with Crippen molar-refractivity contribution in [3.05, 3.63) is 47.3 Å². The number of aromatic nitrogens is 1. The molecule has 0 aliphatic rings. The highest BCUT2D eigenvalue weighted by Crippen LogP contribution is 2.25. The fourth-order valence-corrected chi connectivity index (χ4v) is 1.92. The Hall–Kier alpha value is -2.67. The summed E-state index contributed by atoms with van der Waals surface area (Å²) in [7, 11) is 1.52. The second-order valence-corrected chi connectivity index (χ2v) is 5.57. The number of hydrogen-bond acceptors (Lipinski definition) is 5. The molecule has 0 saturated carbocycles. The summed E-state index contributed by atoms with van der Waals surface area (Å²) in [6.45, 7) is 3.48. The fraction of sp³-hybridized carbons (Fsp3) is 0.312.